The van der Waals surface area contributed by atoms with E-state index in [4.69, 9.17) is 5.73 Å². The van der Waals surface area contributed by atoms with Gasteiger partial charge >= 0.3 is 0 Å². The number of nitrogens with one attached hydrogen (secondary N) is 1. The summed E-state index contributed by atoms with van der Waals surface area (Å²) in [6.07, 6.45) is 4.25. The first kappa shape index (κ1) is 12.8. The van der Waals surface area contributed by atoms with Crippen LogP contribution in [0.3, 0.4) is 0 Å². The maximum absolute atomic E-state index is 11.8. The first-order chi connectivity index (χ1) is 8.03. The molecule has 4 nitrogen and oxygen atoms in total. The van der Waals surface area contributed by atoms with Crippen molar-refractivity contribution in [3.8, 4) is 0 Å². The Kier molecular flexibility index (Phi) is 3.73. The van der Waals surface area contributed by atoms with E-state index in [1.54, 1.807) is 0 Å². The van der Waals surface area contributed by atoms with Crippen LogP contribution in [0.25, 0.3) is 0 Å². The second-order valence-electron chi connectivity index (χ2n) is 6.01. The van der Waals surface area contributed by atoms with Gasteiger partial charge in [0.05, 0.1) is 0 Å². The summed E-state index contributed by atoms with van der Waals surface area (Å²) in [7, 11) is 0. The summed E-state index contributed by atoms with van der Waals surface area (Å²) >= 11 is 0. The Morgan fingerprint density at radius 3 is 2.94 bits per heavy atom. The molecule has 2 aliphatic rings. The fourth-order valence-electron chi connectivity index (χ4n) is 3.13. The van der Waals surface area contributed by atoms with Gasteiger partial charge in [0.15, 0.2) is 0 Å². The highest BCUT2D eigenvalue weighted by atomic mass is 16.1. The monoisotopic (exact) mass is 239 g/mol. The van der Waals surface area contributed by atoms with Gasteiger partial charge in [-0.15, -0.1) is 0 Å². The highest BCUT2D eigenvalue weighted by molar-refractivity contribution is 5.85. The van der Waals surface area contributed by atoms with Crippen molar-refractivity contribution in [2.75, 3.05) is 19.6 Å². The first-order valence-electron chi connectivity index (χ1n) is 6.82. The zero-order chi connectivity index (χ0) is 12.5. The van der Waals surface area contributed by atoms with E-state index in [1.165, 1.54) is 19.4 Å². The molecule has 2 aliphatic heterocycles. The van der Waals surface area contributed by atoms with Crippen molar-refractivity contribution in [1.82, 2.24) is 10.2 Å². The number of primary amides is 1. The molecule has 1 amide bonds. The largest absolute Gasteiger partial charge is 0.368 e. The quantitative estimate of drug-likeness (QED) is 0.760. The maximum atomic E-state index is 11.8. The molecule has 0 saturated carbocycles. The average molecular weight is 239 g/mol. The smallest absolute Gasteiger partial charge is 0.237 e. The molecule has 0 radical (unpaired) electrons. The number of rotatable bonds is 4. The van der Waals surface area contributed by atoms with Gasteiger partial charge < -0.3 is 16.0 Å². The van der Waals surface area contributed by atoms with Gasteiger partial charge in [-0.3, -0.25) is 4.79 Å². The molecule has 2 fully saturated rings. The topological polar surface area (TPSA) is 58.4 Å². The second-order valence-corrected chi connectivity index (χ2v) is 6.01. The van der Waals surface area contributed by atoms with Crippen molar-refractivity contribution < 1.29 is 4.79 Å². The molecule has 0 aromatic rings. The third kappa shape index (κ3) is 2.63. The van der Waals surface area contributed by atoms with Crippen LogP contribution in [0.15, 0.2) is 0 Å². The lowest BCUT2D eigenvalue weighted by Crippen LogP contribution is -2.62. The van der Waals surface area contributed by atoms with Crippen LogP contribution in [0.1, 0.15) is 39.5 Å². The Labute approximate surface area is 104 Å². The van der Waals surface area contributed by atoms with Crippen LogP contribution in [0.4, 0.5) is 0 Å². The lowest BCUT2D eigenvalue weighted by Gasteiger charge is -2.43. The Morgan fingerprint density at radius 1 is 1.53 bits per heavy atom. The second kappa shape index (κ2) is 4.94. The van der Waals surface area contributed by atoms with E-state index in [-0.39, 0.29) is 5.91 Å². The molecule has 2 unspecified atom stereocenters. The summed E-state index contributed by atoms with van der Waals surface area (Å²) < 4.78 is 0. The lowest BCUT2D eigenvalue weighted by atomic mass is 9.82. The van der Waals surface area contributed by atoms with Gasteiger partial charge in [0.2, 0.25) is 5.91 Å². The SMILES string of the molecule is CC(C)CNC1(C(N)=O)CCN2CCCC2C1. The predicted octanol–water partition coefficient (Wildman–Crippen LogP) is 0.714. The minimum absolute atomic E-state index is 0.162. The van der Waals surface area contributed by atoms with Crippen LogP contribution in [-0.4, -0.2) is 42.0 Å². The molecule has 3 N–H and O–H groups in total. The number of piperidine rings is 1. The highest BCUT2D eigenvalue weighted by Crippen LogP contribution is 2.33. The molecule has 0 spiro atoms. The molecular formula is C13H25N3O. The van der Waals surface area contributed by atoms with Crippen molar-refractivity contribution in [3.63, 3.8) is 0 Å². The molecule has 0 aromatic carbocycles. The molecule has 0 aliphatic carbocycles. The van der Waals surface area contributed by atoms with Gasteiger partial charge in [0.1, 0.15) is 5.54 Å². The number of carbonyl (C=O) groups is 1. The normalized spacial score (nSPS) is 33.9. The Morgan fingerprint density at radius 2 is 2.29 bits per heavy atom. The van der Waals surface area contributed by atoms with E-state index in [0.29, 0.717) is 12.0 Å². The van der Waals surface area contributed by atoms with Crippen LogP contribution >= 0.6 is 0 Å². The van der Waals surface area contributed by atoms with E-state index in [2.05, 4.69) is 24.1 Å². The van der Waals surface area contributed by atoms with Crippen LogP contribution in [0, 0.1) is 5.92 Å². The molecule has 2 rings (SSSR count). The van der Waals surface area contributed by atoms with Gasteiger partial charge in [-0.1, -0.05) is 13.8 Å². The van der Waals surface area contributed by atoms with Gasteiger partial charge in [-0.25, -0.2) is 0 Å². The molecule has 0 bridgehead atoms. The number of carbonyl (C=O) groups excluding carboxylic acids is 1. The van der Waals surface area contributed by atoms with Crippen molar-refractivity contribution in [1.29, 1.82) is 0 Å². The summed E-state index contributed by atoms with van der Waals surface area (Å²) in [6.45, 7) is 7.40. The van der Waals surface area contributed by atoms with Crippen molar-refractivity contribution >= 4 is 5.91 Å². The Hall–Kier alpha value is -0.610. The Balaban J connectivity index is 2.04. The molecule has 17 heavy (non-hydrogen) atoms. The summed E-state index contributed by atoms with van der Waals surface area (Å²) in [5, 5.41) is 3.45. The number of fused-ring (bicyclic) bond motifs is 1. The Bertz CT molecular complexity index is 292. The first-order valence-corrected chi connectivity index (χ1v) is 6.82. The number of amides is 1. The molecular weight excluding hydrogens is 214 g/mol. The molecule has 98 valence electrons. The predicted molar refractivity (Wildman–Crippen MR) is 68.6 cm³/mol. The van der Waals surface area contributed by atoms with Gasteiger partial charge in [-0.2, -0.15) is 0 Å². The van der Waals surface area contributed by atoms with E-state index in [0.717, 1.165) is 25.9 Å². The zero-order valence-corrected chi connectivity index (χ0v) is 11.0. The van der Waals surface area contributed by atoms with Crippen LogP contribution in [0.5, 0.6) is 0 Å². The van der Waals surface area contributed by atoms with E-state index >= 15 is 0 Å². The fraction of sp³-hybridized carbons (Fsp3) is 0.923. The number of hydrogen-bond donors (Lipinski definition) is 2. The van der Waals surface area contributed by atoms with Crippen molar-refractivity contribution in [3.05, 3.63) is 0 Å². The van der Waals surface area contributed by atoms with Gasteiger partial charge in [-0.05, 0) is 44.7 Å². The van der Waals surface area contributed by atoms with Crippen LogP contribution in [-0.2, 0) is 4.79 Å². The number of nitrogens with zero attached hydrogens (tertiary/aromatic N) is 1. The lowest BCUT2D eigenvalue weighted by molar-refractivity contribution is -0.127. The summed E-state index contributed by atoms with van der Waals surface area (Å²) in [5.41, 5.74) is 5.20. The maximum Gasteiger partial charge on any atom is 0.237 e. The molecule has 2 atom stereocenters. The summed E-state index contributed by atoms with van der Waals surface area (Å²) in [6, 6.07) is 0.566. The number of nitrogens with two attached hydrogens (primary N) is 1. The summed E-state index contributed by atoms with van der Waals surface area (Å²) in [4.78, 5) is 14.3. The third-order valence-electron chi connectivity index (χ3n) is 4.23. The van der Waals surface area contributed by atoms with Gasteiger partial charge in [0, 0.05) is 12.6 Å². The van der Waals surface area contributed by atoms with E-state index in [1.807, 2.05) is 0 Å². The minimum atomic E-state index is -0.449. The molecule has 2 heterocycles. The highest BCUT2D eigenvalue weighted by Gasteiger charge is 2.45. The average Bonchev–Trinajstić information content (AvgIpc) is 2.72. The zero-order valence-electron chi connectivity index (χ0n) is 11.0. The van der Waals surface area contributed by atoms with Crippen molar-refractivity contribution in [2.45, 2.75) is 51.1 Å². The van der Waals surface area contributed by atoms with E-state index < -0.39 is 5.54 Å². The van der Waals surface area contributed by atoms with Gasteiger partial charge in [0.25, 0.3) is 0 Å². The minimum Gasteiger partial charge on any atom is -0.368 e. The van der Waals surface area contributed by atoms with Crippen LogP contribution < -0.4 is 11.1 Å². The molecule has 4 heteroatoms. The standard InChI is InChI=1S/C13H25N3O/c1-10(2)9-15-13(12(14)17)5-7-16-6-3-4-11(16)8-13/h10-11,15H,3-9H2,1-2H3,(H2,14,17). The molecule has 0 aromatic heterocycles. The fourth-order valence-corrected chi connectivity index (χ4v) is 3.13. The van der Waals surface area contributed by atoms with Crippen LogP contribution in [0.2, 0.25) is 0 Å². The number of hydrogen-bond acceptors (Lipinski definition) is 3. The van der Waals surface area contributed by atoms with Crippen molar-refractivity contribution in [2.24, 2.45) is 11.7 Å². The third-order valence-corrected chi connectivity index (χ3v) is 4.23. The summed E-state index contributed by atoms with van der Waals surface area (Å²) in [5.74, 6) is 0.387. The molecule has 2 saturated heterocycles. The van der Waals surface area contributed by atoms with E-state index in [9.17, 15) is 4.79 Å².